The highest BCUT2D eigenvalue weighted by Gasteiger charge is 2.13. The van der Waals surface area contributed by atoms with Gasteiger partial charge in [0, 0.05) is 10.8 Å². The number of benzene rings is 1. The molecule has 0 fully saturated rings. The van der Waals surface area contributed by atoms with Gasteiger partial charge in [0.25, 0.3) is 0 Å². The second kappa shape index (κ2) is 4.99. The van der Waals surface area contributed by atoms with Crippen LogP contribution in [0.3, 0.4) is 0 Å². The lowest BCUT2D eigenvalue weighted by Gasteiger charge is -2.10. The van der Waals surface area contributed by atoms with E-state index in [1.54, 1.807) is 0 Å². The zero-order chi connectivity index (χ0) is 10.5. The molecule has 0 aliphatic heterocycles. The summed E-state index contributed by atoms with van der Waals surface area (Å²) in [7, 11) is 0. The Morgan fingerprint density at radius 1 is 1.20 bits per heavy atom. The highest BCUT2D eigenvalue weighted by molar-refractivity contribution is 8.14. The van der Waals surface area contributed by atoms with Crippen molar-refractivity contribution in [2.45, 2.75) is 11.7 Å². The van der Waals surface area contributed by atoms with Crippen molar-refractivity contribution in [2.24, 2.45) is 0 Å². The molecule has 0 radical (unpaired) electrons. The Morgan fingerprint density at radius 2 is 2.00 bits per heavy atom. The molecule has 1 aliphatic rings. The molecule has 2 heteroatoms. The molecule has 76 valence electrons. The molecule has 0 saturated heterocycles. The van der Waals surface area contributed by atoms with Crippen molar-refractivity contribution in [3.8, 4) is 0 Å². The summed E-state index contributed by atoms with van der Waals surface area (Å²) in [4.78, 5) is 11.8. The number of allylic oxidation sites excluding steroid dienone is 3. The summed E-state index contributed by atoms with van der Waals surface area (Å²) in [6.45, 7) is 0. The van der Waals surface area contributed by atoms with E-state index >= 15 is 0 Å². The molecule has 0 N–H and O–H groups in total. The fraction of sp³-hybridized carbons (Fsp3) is 0.154. The molecule has 0 bridgehead atoms. The fourth-order valence-electron chi connectivity index (χ4n) is 1.43. The lowest BCUT2D eigenvalue weighted by atomic mass is 10.2. The van der Waals surface area contributed by atoms with Crippen molar-refractivity contribution < 1.29 is 4.79 Å². The Balaban J connectivity index is 1.98. The summed E-state index contributed by atoms with van der Waals surface area (Å²) < 4.78 is 0. The predicted octanol–water partition coefficient (Wildman–Crippen LogP) is 3.44. The van der Waals surface area contributed by atoms with Crippen molar-refractivity contribution in [1.29, 1.82) is 0 Å². The predicted molar refractivity (Wildman–Crippen MR) is 65.0 cm³/mol. The van der Waals surface area contributed by atoms with Crippen molar-refractivity contribution in [1.82, 2.24) is 0 Å². The molecule has 15 heavy (non-hydrogen) atoms. The number of carbonyl (C=O) groups excluding carboxylic acids is 1. The van der Waals surface area contributed by atoms with Crippen molar-refractivity contribution in [2.75, 3.05) is 0 Å². The zero-order valence-electron chi connectivity index (χ0n) is 8.30. The van der Waals surface area contributed by atoms with E-state index < -0.39 is 0 Å². The maximum absolute atomic E-state index is 11.8. The summed E-state index contributed by atoms with van der Waals surface area (Å²) in [5.74, 6) is 0. The van der Waals surface area contributed by atoms with Gasteiger partial charge in [-0.05, 0) is 6.42 Å². The van der Waals surface area contributed by atoms with Crippen LogP contribution in [0.4, 0.5) is 0 Å². The van der Waals surface area contributed by atoms with Crippen LogP contribution in [0.25, 0.3) is 0 Å². The average molecular weight is 216 g/mol. The number of thioether (sulfide) groups is 1. The standard InChI is InChI=1S/C13H12OS/c14-13(11-7-3-1-4-8-11)15-12-9-5-2-6-10-12/h1-9,12H,10H2. The molecule has 1 nitrogen and oxygen atoms in total. The molecule has 1 unspecified atom stereocenters. The van der Waals surface area contributed by atoms with Gasteiger partial charge in [-0.3, -0.25) is 4.79 Å². The van der Waals surface area contributed by atoms with E-state index in [4.69, 9.17) is 0 Å². The van der Waals surface area contributed by atoms with Gasteiger partial charge in [0.1, 0.15) is 0 Å². The third-order valence-corrected chi connectivity index (χ3v) is 3.31. The first-order valence-electron chi connectivity index (χ1n) is 4.95. The Labute approximate surface area is 93.9 Å². The molecular formula is C13H12OS. The first kappa shape index (κ1) is 10.2. The Bertz CT molecular complexity index is 392. The van der Waals surface area contributed by atoms with E-state index in [0.717, 1.165) is 12.0 Å². The van der Waals surface area contributed by atoms with Crippen LogP contribution in [-0.2, 0) is 0 Å². The van der Waals surface area contributed by atoms with E-state index in [1.807, 2.05) is 42.5 Å². The van der Waals surface area contributed by atoms with Crippen LogP contribution in [0, 0.1) is 0 Å². The normalized spacial score (nSPS) is 19.1. The van der Waals surface area contributed by atoms with Crippen LogP contribution in [0.15, 0.2) is 54.6 Å². The maximum atomic E-state index is 11.8. The quantitative estimate of drug-likeness (QED) is 0.753. The molecule has 0 heterocycles. The topological polar surface area (TPSA) is 17.1 Å². The Morgan fingerprint density at radius 3 is 2.67 bits per heavy atom. The minimum Gasteiger partial charge on any atom is -0.282 e. The van der Waals surface area contributed by atoms with Gasteiger partial charge in [0.05, 0.1) is 0 Å². The molecule has 1 atom stereocenters. The summed E-state index contributed by atoms with van der Waals surface area (Å²) in [5, 5.41) is 0.447. The molecule has 2 rings (SSSR count). The zero-order valence-corrected chi connectivity index (χ0v) is 9.11. The van der Waals surface area contributed by atoms with Crippen molar-refractivity contribution >= 4 is 16.9 Å². The summed E-state index contributed by atoms with van der Waals surface area (Å²) >= 11 is 1.40. The highest BCUT2D eigenvalue weighted by Crippen LogP contribution is 2.23. The third-order valence-electron chi connectivity index (χ3n) is 2.21. The van der Waals surface area contributed by atoms with Gasteiger partial charge < -0.3 is 0 Å². The van der Waals surface area contributed by atoms with E-state index in [9.17, 15) is 4.79 Å². The number of hydrogen-bond acceptors (Lipinski definition) is 2. The smallest absolute Gasteiger partial charge is 0.219 e. The molecule has 1 aromatic carbocycles. The van der Waals surface area contributed by atoms with Crippen LogP contribution in [-0.4, -0.2) is 10.4 Å². The number of rotatable bonds is 2. The minimum absolute atomic E-state index is 0.153. The van der Waals surface area contributed by atoms with Crippen LogP contribution in [0.5, 0.6) is 0 Å². The summed E-state index contributed by atoms with van der Waals surface area (Å²) in [6, 6.07) is 9.43. The van der Waals surface area contributed by atoms with Crippen LogP contribution in [0.1, 0.15) is 16.8 Å². The van der Waals surface area contributed by atoms with Gasteiger partial charge in [-0.25, -0.2) is 0 Å². The van der Waals surface area contributed by atoms with Crippen molar-refractivity contribution in [3.63, 3.8) is 0 Å². The second-order valence-electron chi connectivity index (χ2n) is 3.36. The van der Waals surface area contributed by atoms with Gasteiger partial charge in [0.2, 0.25) is 5.12 Å². The van der Waals surface area contributed by atoms with Crippen LogP contribution >= 0.6 is 11.8 Å². The molecule has 0 saturated carbocycles. The first-order valence-corrected chi connectivity index (χ1v) is 5.83. The number of hydrogen-bond donors (Lipinski definition) is 0. The largest absolute Gasteiger partial charge is 0.282 e. The highest BCUT2D eigenvalue weighted by atomic mass is 32.2. The van der Waals surface area contributed by atoms with Gasteiger partial charge in [-0.2, -0.15) is 0 Å². The van der Waals surface area contributed by atoms with E-state index in [-0.39, 0.29) is 5.12 Å². The summed E-state index contributed by atoms with van der Waals surface area (Å²) in [5.41, 5.74) is 0.783. The van der Waals surface area contributed by atoms with E-state index in [2.05, 4.69) is 12.2 Å². The minimum atomic E-state index is 0.153. The lowest BCUT2D eigenvalue weighted by Crippen LogP contribution is -2.04. The van der Waals surface area contributed by atoms with Crippen LogP contribution in [0.2, 0.25) is 0 Å². The SMILES string of the molecule is O=C(SC1C=CC=CC1)c1ccccc1. The maximum Gasteiger partial charge on any atom is 0.219 e. The molecule has 1 aliphatic carbocycles. The van der Waals surface area contributed by atoms with E-state index in [0.29, 0.717) is 5.25 Å². The monoisotopic (exact) mass is 216 g/mol. The van der Waals surface area contributed by atoms with Crippen molar-refractivity contribution in [3.05, 3.63) is 60.2 Å². The van der Waals surface area contributed by atoms with Gasteiger partial charge in [-0.1, -0.05) is 66.4 Å². The summed E-state index contributed by atoms with van der Waals surface area (Å²) in [6.07, 6.45) is 9.13. The van der Waals surface area contributed by atoms with Crippen LogP contribution < -0.4 is 0 Å². The average Bonchev–Trinajstić information content (AvgIpc) is 2.31. The molecule has 1 aromatic rings. The van der Waals surface area contributed by atoms with Gasteiger partial charge in [-0.15, -0.1) is 0 Å². The lowest BCUT2D eigenvalue weighted by molar-refractivity contribution is 0.108. The number of carbonyl (C=O) groups is 1. The van der Waals surface area contributed by atoms with Gasteiger partial charge >= 0.3 is 0 Å². The fourth-order valence-corrected chi connectivity index (χ4v) is 2.35. The Hall–Kier alpha value is -1.28. The second-order valence-corrected chi connectivity index (χ2v) is 4.57. The molecule has 0 spiro atoms. The van der Waals surface area contributed by atoms with Gasteiger partial charge in [0.15, 0.2) is 0 Å². The third kappa shape index (κ3) is 2.83. The molecular weight excluding hydrogens is 204 g/mol. The molecule has 0 amide bonds. The Kier molecular flexibility index (Phi) is 3.41. The first-order chi connectivity index (χ1) is 7.36. The molecule has 0 aromatic heterocycles. The van der Waals surface area contributed by atoms with E-state index in [1.165, 1.54) is 11.8 Å².